The van der Waals surface area contributed by atoms with E-state index in [0.717, 1.165) is 25.7 Å². The number of carboxylic acid groups (broad SMARTS) is 1. The summed E-state index contributed by atoms with van der Waals surface area (Å²) in [5, 5.41) is 17.5. The molecule has 1 saturated carbocycles. The van der Waals surface area contributed by atoms with Gasteiger partial charge in [-0.2, -0.15) is 5.10 Å². The largest absolute Gasteiger partial charge is 0.477 e. The lowest BCUT2D eigenvalue weighted by Gasteiger charge is -2.30. The standard InChI is InChI=1S/C14H20N4O4/c1-18(2)13(22)14(5-3-4-6-14)8-15-11(19)9-7-10(12(20)21)17-16-9/h7H,3-6,8H2,1-2H3,(H,15,19)(H,16,17)(H,20,21). The van der Waals surface area contributed by atoms with E-state index in [4.69, 9.17) is 5.11 Å². The van der Waals surface area contributed by atoms with E-state index < -0.39 is 17.3 Å². The second-order valence-corrected chi connectivity index (χ2v) is 5.84. The number of aromatic nitrogens is 2. The molecule has 0 bridgehead atoms. The van der Waals surface area contributed by atoms with Gasteiger partial charge in [0.15, 0.2) is 5.69 Å². The third-order valence-corrected chi connectivity index (χ3v) is 4.05. The van der Waals surface area contributed by atoms with Gasteiger partial charge in [-0.3, -0.25) is 14.7 Å². The molecule has 22 heavy (non-hydrogen) atoms. The van der Waals surface area contributed by atoms with Gasteiger partial charge >= 0.3 is 5.97 Å². The highest BCUT2D eigenvalue weighted by atomic mass is 16.4. The van der Waals surface area contributed by atoms with E-state index in [1.165, 1.54) is 6.07 Å². The summed E-state index contributed by atoms with van der Waals surface area (Å²) >= 11 is 0. The zero-order valence-corrected chi connectivity index (χ0v) is 12.7. The fraction of sp³-hybridized carbons (Fsp3) is 0.571. The molecule has 1 heterocycles. The Morgan fingerprint density at radius 2 is 2.00 bits per heavy atom. The van der Waals surface area contributed by atoms with Crippen LogP contribution in [-0.2, 0) is 4.79 Å². The first kappa shape index (κ1) is 16.0. The highest BCUT2D eigenvalue weighted by molar-refractivity contribution is 5.95. The molecule has 1 aromatic heterocycles. The van der Waals surface area contributed by atoms with E-state index in [-0.39, 0.29) is 23.8 Å². The number of carboxylic acids is 1. The van der Waals surface area contributed by atoms with Gasteiger partial charge in [0.1, 0.15) is 5.69 Å². The van der Waals surface area contributed by atoms with Gasteiger partial charge < -0.3 is 15.3 Å². The van der Waals surface area contributed by atoms with Crippen molar-refractivity contribution in [1.82, 2.24) is 20.4 Å². The number of aromatic carboxylic acids is 1. The zero-order chi connectivity index (χ0) is 16.3. The molecule has 1 aromatic rings. The molecule has 1 aliphatic carbocycles. The van der Waals surface area contributed by atoms with E-state index in [1.807, 2.05) is 0 Å². The Morgan fingerprint density at radius 1 is 1.36 bits per heavy atom. The third kappa shape index (κ3) is 3.10. The molecule has 0 spiro atoms. The minimum absolute atomic E-state index is 0.00264. The first-order chi connectivity index (χ1) is 10.4. The number of carbonyl (C=O) groups is 3. The van der Waals surface area contributed by atoms with E-state index in [0.29, 0.717) is 0 Å². The van der Waals surface area contributed by atoms with Crippen molar-refractivity contribution in [3.63, 3.8) is 0 Å². The van der Waals surface area contributed by atoms with Crippen LogP contribution in [0.4, 0.5) is 0 Å². The molecular weight excluding hydrogens is 288 g/mol. The number of amides is 2. The maximum atomic E-state index is 12.4. The van der Waals surface area contributed by atoms with Crippen molar-refractivity contribution in [3.05, 3.63) is 17.5 Å². The Morgan fingerprint density at radius 3 is 2.50 bits per heavy atom. The van der Waals surface area contributed by atoms with Crippen LogP contribution in [0.2, 0.25) is 0 Å². The molecule has 0 atom stereocenters. The molecule has 120 valence electrons. The lowest BCUT2D eigenvalue weighted by Crippen LogP contribution is -2.46. The normalized spacial score (nSPS) is 16.3. The number of hydrogen-bond acceptors (Lipinski definition) is 4. The average molecular weight is 308 g/mol. The van der Waals surface area contributed by atoms with Gasteiger partial charge in [-0.25, -0.2) is 4.79 Å². The highest BCUT2D eigenvalue weighted by Crippen LogP contribution is 2.38. The van der Waals surface area contributed by atoms with Gasteiger partial charge in [-0.15, -0.1) is 0 Å². The second kappa shape index (κ2) is 6.17. The summed E-state index contributed by atoms with van der Waals surface area (Å²) in [7, 11) is 3.41. The van der Waals surface area contributed by atoms with Crippen LogP contribution >= 0.6 is 0 Å². The SMILES string of the molecule is CN(C)C(=O)C1(CNC(=O)c2cc(C(=O)O)[nH]n2)CCCC1. The molecule has 1 aliphatic rings. The van der Waals surface area contributed by atoms with Crippen LogP contribution in [0.3, 0.4) is 0 Å². The summed E-state index contributed by atoms with van der Waals surface area (Å²) < 4.78 is 0. The van der Waals surface area contributed by atoms with Crippen LogP contribution in [0, 0.1) is 5.41 Å². The van der Waals surface area contributed by atoms with Crippen molar-refractivity contribution in [1.29, 1.82) is 0 Å². The zero-order valence-electron chi connectivity index (χ0n) is 12.7. The van der Waals surface area contributed by atoms with Gasteiger partial charge in [0.05, 0.1) is 5.41 Å². The molecule has 8 heteroatoms. The van der Waals surface area contributed by atoms with Crippen LogP contribution in [-0.4, -0.2) is 58.6 Å². The van der Waals surface area contributed by atoms with Crippen LogP contribution < -0.4 is 5.32 Å². The first-order valence-electron chi connectivity index (χ1n) is 7.14. The molecule has 1 fully saturated rings. The number of rotatable bonds is 5. The number of hydrogen-bond donors (Lipinski definition) is 3. The number of carbonyl (C=O) groups excluding carboxylic acids is 2. The Labute approximate surface area is 127 Å². The monoisotopic (exact) mass is 308 g/mol. The van der Waals surface area contributed by atoms with Crippen LogP contribution in [0.5, 0.6) is 0 Å². The van der Waals surface area contributed by atoms with Crippen LogP contribution in [0.1, 0.15) is 46.7 Å². The topological polar surface area (TPSA) is 115 Å². The van der Waals surface area contributed by atoms with E-state index in [9.17, 15) is 14.4 Å². The smallest absolute Gasteiger partial charge is 0.353 e. The van der Waals surface area contributed by atoms with Gasteiger partial charge in [-0.1, -0.05) is 12.8 Å². The summed E-state index contributed by atoms with van der Waals surface area (Å²) in [6.07, 6.45) is 3.40. The summed E-state index contributed by atoms with van der Waals surface area (Å²) in [5.74, 6) is -1.65. The van der Waals surface area contributed by atoms with Gasteiger partial charge in [0.25, 0.3) is 5.91 Å². The number of nitrogens with one attached hydrogen (secondary N) is 2. The molecule has 0 radical (unpaired) electrons. The molecule has 3 N–H and O–H groups in total. The lowest BCUT2D eigenvalue weighted by atomic mass is 9.84. The molecular formula is C14H20N4O4. The molecule has 8 nitrogen and oxygen atoms in total. The summed E-state index contributed by atoms with van der Waals surface area (Å²) in [5.41, 5.74) is -0.710. The third-order valence-electron chi connectivity index (χ3n) is 4.05. The Bertz CT molecular complexity index is 587. The molecule has 0 aliphatic heterocycles. The van der Waals surface area contributed by atoms with Crippen molar-refractivity contribution in [2.45, 2.75) is 25.7 Å². The fourth-order valence-electron chi connectivity index (χ4n) is 2.88. The average Bonchev–Trinajstić information content (AvgIpc) is 3.13. The van der Waals surface area contributed by atoms with Crippen molar-refractivity contribution in [2.24, 2.45) is 5.41 Å². The Balaban J connectivity index is 2.04. The van der Waals surface area contributed by atoms with Crippen molar-refractivity contribution < 1.29 is 19.5 Å². The summed E-state index contributed by atoms with van der Waals surface area (Å²) in [6.45, 7) is 0.234. The quantitative estimate of drug-likeness (QED) is 0.732. The summed E-state index contributed by atoms with van der Waals surface area (Å²) in [4.78, 5) is 36.8. The van der Waals surface area contributed by atoms with Crippen molar-refractivity contribution >= 4 is 17.8 Å². The minimum atomic E-state index is -1.18. The molecule has 2 amide bonds. The predicted molar refractivity (Wildman–Crippen MR) is 77.5 cm³/mol. The van der Waals surface area contributed by atoms with E-state index in [1.54, 1.807) is 19.0 Å². The number of H-pyrrole nitrogens is 1. The van der Waals surface area contributed by atoms with Crippen molar-refractivity contribution in [3.8, 4) is 0 Å². The summed E-state index contributed by atoms with van der Waals surface area (Å²) in [6, 6.07) is 1.17. The second-order valence-electron chi connectivity index (χ2n) is 5.84. The Kier molecular flexibility index (Phi) is 4.48. The number of nitrogens with zero attached hydrogens (tertiary/aromatic N) is 2. The minimum Gasteiger partial charge on any atom is -0.477 e. The van der Waals surface area contributed by atoms with Crippen molar-refractivity contribution in [2.75, 3.05) is 20.6 Å². The molecule has 0 unspecified atom stereocenters. The Hall–Kier alpha value is -2.38. The molecule has 2 rings (SSSR count). The van der Waals surface area contributed by atoms with Gasteiger partial charge in [0.2, 0.25) is 5.91 Å². The first-order valence-corrected chi connectivity index (χ1v) is 7.14. The highest BCUT2D eigenvalue weighted by Gasteiger charge is 2.42. The van der Waals surface area contributed by atoms with Gasteiger partial charge in [-0.05, 0) is 12.8 Å². The maximum Gasteiger partial charge on any atom is 0.353 e. The van der Waals surface area contributed by atoms with E-state index >= 15 is 0 Å². The lowest BCUT2D eigenvalue weighted by molar-refractivity contribution is -0.138. The van der Waals surface area contributed by atoms with E-state index in [2.05, 4.69) is 15.5 Å². The fourth-order valence-corrected chi connectivity index (χ4v) is 2.88. The molecule has 0 saturated heterocycles. The predicted octanol–water partition coefficient (Wildman–Crippen LogP) is 0.486. The number of aromatic amines is 1. The van der Waals surface area contributed by atoms with Crippen LogP contribution in [0.25, 0.3) is 0 Å². The maximum absolute atomic E-state index is 12.4. The van der Waals surface area contributed by atoms with Gasteiger partial charge in [0, 0.05) is 26.7 Å². The molecule has 0 aromatic carbocycles. The van der Waals surface area contributed by atoms with Crippen LogP contribution in [0.15, 0.2) is 6.07 Å².